The summed E-state index contributed by atoms with van der Waals surface area (Å²) in [5.74, 6) is -0.0228. The molecule has 0 N–H and O–H groups in total. The molecule has 6 aromatic carbocycles. The number of esters is 3. The molecule has 0 aliphatic rings. The van der Waals surface area contributed by atoms with Crippen LogP contribution in [0.4, 0.5) is 0 Å². The van der Waals surface area contributed by atoms with E-state index in [9.17, 15) is 14.4 Å². The summed E-state index contributed by atoms with van der Waals surface area (Å²) in [4.78, 5) is 39.0. The molecule has 6 heteroatoms. The van der Waals surface area contributed by atoms with E-state index in [0.717, 1.165) is 50.1 Å². The molecule has 0 aliphatic carbocycles. The number of aryl methyl sites for hydroxylation is 6. The summed E-state index contributed by atoms with van der Waals surface area (Å²) in [6, 6.07) is 39.2. The lowest BCUT2D eigenvalue weighted by atomic mass is 9.71. The molecule has 0 bridgehead atoms. The first kappa shape index (κ1) is 36.5. The third-order valence-electron chi connectivity index (χ3n) is 9.30. The van der Waals surface area contributed by atoms with Gasteiger partial charge in [-0.3, -0.25) is 0 Å². The zero-order valence-corrected chi connectivity index (χ0v) is 31.1. The van der Waals surface area contributed by atoms with Gasteiger partial charge in [-0.25, -0.2) is 14.4 Å². The van der Waals surface area contributed by atoms with Crippen molar-refractivity contribution in [2.24, 2.45) is 0 Å². The number of hydrogen-bond donors (Lipinski definition) is 0. The molecule has 6 rings (SSSR count). The summed E-state index contributed by atoms with van der Waals surface area (Å²) >= 11 is 0. The fourth-order valence-corrected chi connectivity index (χ4v) is 6.84. The van der Waals surface area contributed by atoms with Crippen LogP contribution < -0.4 is 14.2 Å². The molecule has 53 heavy (non-hydrogen) atoms. The molecular weight excluding hydrogens is 661 g/mol. The van der Waals surface area contributed by atoms with Crippen LogP contribution in [0.2, 0.25) is 0 Å². The van der Waals surface area contributed by atoms with Gasteiger partial charge in [0.15, 0.2) is 0 Å². The van der Waals surface area contributed by atoms with Gasteiger partial charge in [0, 0.05) is 5.41 Å². The van der Waals surface area contributed by atoms with Crippen LogP contribution in [0.1, 0.15) is 88.1 Å². The Morgan fingerprint density at radius 3 is 0.774 bits per heavy atom. The van der Waals surface area contributed by atoms with Gasteiger partial charge in [-0.1, -0.05) is 88.0 Å². The third kappa shape index (κ3) is 8.45. The highest BCUT2D eigenvalue weighted by Crippen LogP contribution is 2.41. The van der Waals surface area contributed by atoms with Crippen LogP contribution in [0.25, 0.3) is 0 Å². The van der Waals surface area contributed by atoms with Gasteiger partial charge in [0.1, 0.15) is 17.2 Å². The molecule has 0 spiro atoms. The molecule has 0 unspecified atom stereocenters. The topological polar surface area (TPSA) is 78.9 Å². The molecule has 6 aromatic rings. The third-order valence-corrected chi connectivity index (χ3v) is 9.30. The Balaban J connectivity index is 1.30. The Bertz CT molecular complexity index is 1990. The van der Waals surface area contributed by atoms with Crippen LogP contribution in [0.5, 0.6) is 17.2 Å². The van der Waals surface area contributed by atoms with Gasteiger partial charge in [-0.15, -0.1) is 0 Å². The number of rotatable bonds is 9. The second-order valence-electron chi connectivity index (χ2n) is 14.0. The Morgan fingerprint density at radius 1 is 0.358 bits per heavy atom. The van der Waals surface area contributed by atoms with Gasteiger partial charge < -0.3 is 14.2 Å². The van der Waals surface area contributed by atoms with Crippen LogP contribution >= 0.6 is 0 Å². The summed E-state index contributed by atoms with van der Waals surface area (Å²) < 4.78 is 17.3. The van der Waals surface area contributed by atoms with E-state index in [-0.39, 0.29) is 0 Å². The number of carbonyl (C=O) groups is 3. The van der Waals surface area contributed by atoms with E-state index in [2.05, 4.69) is 6.92 Å². The minimum absolute atomic E-state index is 0.419. The highest BCUT2D eigenvalue weighted by atomic mass is 16.5. The zero-order chi connectivity index (χ0) is 37.9. The Hall–Kier alpha value is -6.27. The number of benzene rings is 6. The van der Waals surface area contributed by atoms with Crippen LogP contribution in [0, 0.1) is 41.5 Å². The van der Waals surface area contributed by atoms with E-state index in [1.807, 2.05) is 133 Å². The van der Waals surface area contributed by atoms with Crippen molar-refractivity contribution in [2.75, 3.05) is 0 Å². The number of hydrogen-bond acceptors (Lipinski definition) is 6. The molecule has 266 valence electrons. The molecule has 0 atom stereocenters. The zero-order valence-electron chi connectivity index (χ0n) is 31.1. The molecule has 6 nitrogen and oxygen atoms in total. The predicted octanol–water partition coefficient (Wildman–Crippen LogP) is 10.5. The molecular formula is C47H42O6. The van der Waals surface area contributed by atoms with Gasteiger partial charge in [0.25, 0.3) is 0 Å². The SMILES string of the molecule is Cc1cc(C)cc(C(=O)Oc2ccc(C(C)(c3ccc(OC(=O)c4cc(C)cc(C)c4)cc3)c3ccc(OC(=O)c4cc(C)cc(C)c4)cc3)cc2)c1. The standard InChI is InChI=1S/C47H42O6/c1-29-20-30(2)24-35(23-29)44(48)51-41-14-8-38(9-15-41)47(7,39-10-16-42(17-11-39)52-45(49)36-25-31(3)21-32(4)26-36)40-12-18-43(19-13-40)53-46(50)37-27-33(5)22-34(6)28-37/h8-28H,1-7H3. The number of ether oxygens (including phenoxy) is 3. The summed E-state index contributed by atoms with van der Waals surface area (Å²) in [6.07, 6.45) is 0. The van der Waals surface area contributed by atoms with Crippen molar-refractivity contribution in [3.63, 3.8) is 0 Å². The monoisotopic (exact) mass is 702 g/mol. The van der Waals surface area contributed by atoms with E-state index in [4.69, 9.17) is 14.2 Å². The largest absolute Gasteiger partial charge is 0.423 e. The Morgan fingerprint density at radius 2 is 0.566 bits per heavy atom. The van der Waals surface area contributed by atoms with Crippen LogP contribution in [-0.2, 0) is 5.41 Å². The highest BCUT2D eigenvalue weighted by Gasteiger charge is 2.32. The van der Waals surface area contributed by atoms with Crippen molar-refractivity contribution in [3.8, 4) is 17.2 Å². The highest BCUT2D eigenvalue weighted by molar-refractivity contribution is 5.92. The maximum absolute atomic E-state index is 13.0. The molecule has 0 saturated carbocycles. The molecule has 0 aromatic heterocycles. The van der Waals surface area contributed by atoms with Gasteiger partial charge in [-0.2, -0.15) is 0 Å². The maximum atomic E-state index is 13.0. The summed E-state index contributed by atoms with van der Waals surface area (Å²) in [6.45, 7) is 13.8. The lowest BCUT2D eigenvalue weighted by Crippen LogP contribution is -2.25. The van der Waals surface area contributed by atoms with Crippen molar-refractivity contribution in [1.29, 1.82) is 0 Å². The van der Waals surface area contributed by atoms with Crippen molar-refractivity contribution in [1.82, 2.24) is 0 Å². The Labute approximate surface area is 311 Å². The minimum Gasteiger partial charge on any atom is -0.423 e. The lowest BCUT2D eigenvalue weighted by molar-refractivity contribution is 0.0725. The first-order valence-electron chi connectivity index (χ1n) is 17.5. The van der Waals surface area contributed by atoms with E-state index in [1.165, 1.54) is 0 Å². The van der Waals surface area contributed by atoms with E-state index >= 15 is 0 Å². The van der Waals surface area contributed by atoms with Crippen molar-refractivity contribution >= 4 is 17.9 Å². The van der Waals surface area contributed by atoms with Gasteiger partial charge in [0.05, 0.1) is 16.7 Å². The average Bonchev–Trinajstić information content (AvgIpc) is 3.11. The van der Waals surface area contributed by atoms with Crippen molar-refractivity contribution in [3.05, 3.63) is 194 Å². The van der Waals surface area contributed by atoms with E-state index < -0.39 is 23.3 Å². The molecule has 0 saturated heterocycles. The molecule has 0 radical (unpaired) electrons. The summed E-state index contributed by atoms with van der Waals surface area (Å²) in [5.41, 5.74) is 9.44. The summed E-state index contributed by atoms with van der Waals surface area (Å²) in [5, 5.41) is 0. The fourth-order valence-electron chi connectivity index (χ4n) is 6.84. The smallest absolute Gasteiger partial charge is 0.343 e. The normalized spacial score (nSPS) is 11.2. The second-order valence-corrected chi connectivity index (χ2v) is 14.0. The predicted molar refractivity (Wildman–Crippen MR) is 208 cm³/mol. The Kier molecular flexibility index (Phi) is 10.4. The van der Waals surface area contributed by atoms with Gasteiger partial charge in [0.2, 0.25) is 0 Å². The molecule has 0 aliphatic heterocycles. The van der Waals surface area contributed by atoms with Gasteiger partial charge in [-0.05, 0) is 138 Å². The first-order valence-corrected chi connectivity index (χ1v) is 17.5. The molecule has 0 amide bonds. The second kappa shape index (κ2) is 15.1. The van der Waals surface area contributed by atoms with Crippen LogP contribution in [0.3, 0.4) is 0 Å². The van der Waals surface area contributed by atoms with Crippen molar-refractivity contribution in [2.45, 2.75) is 53.9 Å². The lowest BCUT2D eigenvalue weighted by Gasteiger charge is -2.32. The molecule has 0 fully saturated rings. The average molecular weight is 703 g/mol. The van der Waals surface area contributed by atoms with Crippen LogP contribution in [0.15, 0.2) is 127 Å². The van der Waals surface area contributed by atoms with Gasteiger partial charge >= 0.3 is 17.9 Å². The quantitative estimate of drug-likeness (QED) is 0.0848. The molecule has 0 heterocycles. The minimum atomic E-state index is -0.720. The first-order chi connectivity index (χ1) is 25.3. The van der Waals surface area contributed by atoms with Crippen LogP contribution in [-0.4, -0.2) is 17.9 Å². The maximum Gasteiger partial charge on any atom is 0.343 e. The number of carbonyl (C=O) groups excluding carboxylic acids is 3. The fraction of sp³-hybridized carbons (Fsp3) is 0.170. The summed E-state index contributed by atoms with van der Waals surface area (Å²) in [7, 11) is 0. The van der Waals surface area contributed by atoms with E-state index in [1.54, 1.807) is 36.4 Å². The van der Waals surface area contributed by atoms with Crippen molar-refractivity contribution < 1.29 is 28.6 Å². The van der Waals surface area contributed by atoms with E-state index in [0.29, 0.717) is 33.9 Å².